The minimum atomic E-state index is -0.305. The Morgan fingerprint density at radius 2 is 1.89 bits per heavy atom. The first-order chi connectivity index (χ1) is 16.7. The quantitative estimate of drug-likeness (QED) is 0.472. The molecule has 1 aliphatic carbocycles. The van der Waals surface area contributed by atoms with Gasteiger partial charge in [-0.05, 0) is 63.9 Å². The maximum atomic E-state index is 13.2. The third-order valence-corrected chi connectivity index (χ3v) is 6.38. The number of aromatic nitrogens is 4. The van der Waals surface area contributed by atoms with E-state index in [1.54, 1.807) is 19.5 Å². The van der Waals surface area contributed by atoms with Gasteiger partial charge in [-0.15, -0.1) is 0 Å². The number of nitrogens with zero attached hydrogens (tertiary/aromatic N) is 5. The van der Waals surface area contributed by atoms with E-state index >= 15 is 0 Å². The second-order valence-electron chi connectivity index (χ2n) is 9.88. The van der Waals surface area contributed by atoms with Crippen LogP contribution in [0.15, 0.2) is 42.7 Å². The molecule has 1 N–H and O–H groups in total. The van der Waals surface area contributed by atoms with Crippen molar-refractivity contribution in [3.05, 3.63) is 47.7 Å². The van der Waals surface area contributed by atoms with E-state index in [4.69, 9.17) is 26.4 Å². The Labute approximate surface area is 211 Å². The Balaban J connectivity index is 1.65. The molecule has 0 aliphatic heterocycles. The standard InChI is InChI=1S/C26H33ClN6O2/c1-26(2,3)30-25(34)32(20-7-5-6-8-20)15-16-33-24(19-9-10-22(35-4)21(27)17-19)29-23(31-33)18-11-13-28-14-12-18/h9-14,17,20H,5-8,15-16H2,1-4H3,(H,30,34). The Morgan fingerprint density at radius 1 is 1.17 bits per heavy atom. The molecule has 0 bridgehead atoms. The molecular weight excluding hydrogens is 464 g/mol. The third-order valence-electron chi connectivity index (χ3n) is 6.08. The molecular formula is C26H33ClN6O2. The molecule has 1 saturated carbocycles. The topological polar surface area (TPSA) is 85.2 Å². The van der Waals surface area contributed by atoms with Gasteiger partial charge in [-0.3, -0.25) is 4.98 Å². The lowest BCUT2D eigenvalue weighted by molar-refractivity contribution is 0.163. The van der Waals surface area contributed by atoms with Crippen molar-refractivity contribution in [1.29, 1.82) is 0 Å². The molecule has 186 valence electrons. The number of ether oxygens (including phenoxy) is 1. The highest BCUT2D eigenvalue weighted by molar-refractivity contribution is 6.32. The molecule has 0 saturated heterocycles. The van der Waals surface area contributed by atoms with Crippen LogP contribution in [0.25, 0.3) is 22.8 Å². The van der Waals surface area contributed by atoms with Crippen LogP contribution in [0.2, 0.25) is 5.02 Å². The zero-order chi connectivity index (χ0) is 25.0. The lowest BCUT2D eigenvalue weighted by Gasteiger charge is -2.32. The summed E-state index contributed by atoms with van der Waals surface area (Å²) in [6.07, 6.45) is 7.79. The number of urea groups is 1. The largest absolute Gasteiger partial charge is 0.495 e. The van der Waals surface area contributed by atoms with E-state index in [-0.39, 0.29) is 17.6 Å². The lowest BCUT2D eigenvalue weighted by atomic mass is 10.1. The van der Waals surface area contributed by atoms with Gasteiger partial charge in [-0.1, -0.05) is 24.4 Å². The maximum Gasteiger partial charge on any atom is 0.318 e. The van der Waals surface area contributed by atoms with E-state index in [0.29, 0.717) is 35.5 Å². The van der Waals surface area contributed by atoms with Gasteiger partial charge >= 0.3 is 6.03 Å². The minimum absolute atomic E-state index is 0.0343. The highest BCUT2D eigenvalue weighted by Gasteiger charge is 2.29. The summed E-state index contributed by atoms with van der Waals surface area (Å²) in [6.45, 7) is 7.04. The summed E-state index contributed by atoms with van der Waals surface area (Å²) in [5.41, 5.74) is 1.40. The summed E-state index contributed by atoms with van der Waals surface area (Å²) in [6, 6.07) is 9.54. The average Bonchev–Trinajstić information content (AvgIpc) is 3.49. The zero-order valence-corrected chi connectivity index (χ0v) is 21.5. The summed E-state index contributed by atoms with van der Waals surface area (Å²) < 4.78 is 7.17. The molecule has 35 heavy (non-hydrogen) atoms. The lowest BCUT2D eigenvalue weighted by Crippen LogP contribution is -2.52. The number of carbonyl (C=O) groups excluding carboxylic acids is 1. The van der Waals surface area contributed by atoms with Gasteiger partial charge in [0.1, 0.15) is 5.75 Å². The first-order valence-electron chi connectivity index (χ1n) is 12.0. The first-order valence-corrected chi connectivity index (χ1v) is 12.4. The van der Waals surface area contributed by atoms with E-state index in [2.05, 4.69) is 10.3 Å². The molecule has 0 atom stereocenters. The number of nitrogens with one attached hydrogen (secondary N) is 1. The van der Waals surface area contributed by atoms with Crippen LogP contribution < -0.4 is 10.1 Å². The fourth-order valence-electron chi connectivity index (χ4n) is 4.40. The van der Waals surface area contributed by atoms with E-state index in [0.717, 1.165) is 36.8 Å². The summed E-state index contributed by atoms with van der Waals surface area (Å²) in [5.74, 6) is 1.88. The summed E-state index contributed by atoms with van der Waals surface area (Å²) in [4.78, 5) is 24.1. The van der Waals surface area contributed by atoms with Crippen LogP contribution >= 0.6 is 11.6 Å². The number of halogens is 1. The third kappa shape index (κ3) is 6.11. The van der Waals surface area contributed by atoms with E-state index in [1.165, 1.54) is 0 Å². The number of carbonyl (C=O) groups is 1. The van der Waals surface area contributed by atoms with Gasteiger partial charge in [0, 0.05) is 41.6 Å². The SMILES string of the molecule is COc1ccc(-c2nc(-c3ccncc3)nn2CCN(C(=O)NC(C)(C)C)C2CCCC2)cc1Cl. The Hall–Kier alpha value is -3.13. The van der Waals surface area contributed by atoms with E-state index < -0.39 is 0 Å². The molecule has 4 rings (SSSR count). The van der Waals surface area contributed by atoms with Crippen molar-refractivity contribution in [3.8, 4) is 28.5 Å². The van der Waals surface area contributed by atoms with E-state index in [9.17, 15) is 4.79 Å². The molecule has 3 aromatic rings. The second kappa shape index (κ2) is 10.6. The number of pyridine rings is 1. The Bertz CT molecular complexity index is 1150. The van der Waals surface area contributed by atoms with Crippen molar-refractivity contribution in [2.24, 2.45) is 0 Å². The second-order valence-corrected chi connectivity index (χ2v) is 10.3. The average molecular weight is 497 g/mol. The first kappa shape index (κ1) is 25.0. The molecule has 0 radical (unpaired) electrons. The van der Waals surface area contributed by atoms with Gasteiger partial charge in [0.2, 0.25) is 0 Å². The van der Waals surface area contributed by atoms with Crippen LogP contribution in [0.5, 0.6) is 5.75 Å². The van der Waals surface area contributed by atoms with Crippen LogP contribution in [0, 0.1) is 0 Å². The van der Waals surface area contributed by atoms with Gasteiger partial charge < -0.3 is 15.0 Å². The van der Waals surface area contributed by atoms with Crippen LogP contribution in [-0.2, 0) is 6.54 Å². The maximum absolute atomic E-state index is 13.2. The molecule has 1 aromatic carbocycles. The minimum Gasteiger partial charge on any atom is -0.495 e. The Kier molecular flexibility index (Phi) is 7.60. The highest BCUT2D eigenvalue weighted by atomic mass is 35.5. The van der Waals surface area contributed by atoms with Gasteiger partial charge in [0.25, 0.3) is 0 Å². The van der Waals surface area contributed by atoms with Crippen LogP contribution in [0.1, 0.15) is 46.5 Å². The molecule has 8 nitrogen and oxygen atoms in total. The molecule has 2 aromatic heterocycles. The van der Waals surface area contributed by atoms with Crippen molar-refractivity contribution in [1.82, 2.24) is 30.0 Å². The van der Waals surface area contributed by atoms with Gasteiger partial charge in [0.05, 0.1) is 18.7 Å². The molecule has 0 spiro atoms. The zero-order valence-electron chi connectivity index (χ0n) is 20.8. The smallest absolute Gasteiger partial charge is 0.318 e. The summed E-state index contributed by atoms with van der Waals surface area (Å²) >= 11 is 6.42. The molecule has 2 amide bonds. The van der Waals surface area contributed by atoms with Crippen LogP contribution in [-0.4, -0.2) is 55.9 Å². The van der Waals surface area contributed by atoms with Crippen molar-refractivity contribution >= 4 is 17.6 Å². The van der Waals surface area contributed by atoms with Gasteiger partial charge in [-0.25, -0.2) is 14.5 Å². The van der Waals surface area contributed by atoms with Crippen molar-refractivity contribution in [2.45, 2.75) is 64.6 Å². The van der Waals surface area contributed by atoms with Crippen molar-refractivity contribution in [3.63, 3.8) is 0 Å². The molecule has 0 unspecified atom stereocenters. The summed E-state index contributed by atoms with van der Waals surface area (Å²) in [7, 11) is 1.59. The van der Waals surface area contributed by atoms with Crippen LogP contribution in [0.3, 0.4) is 0 Å². The fourth-order valence-corrected chi connectivity index (χ4v) is 4.66. The monoisotopic (exact) mass is 496 g/mol. The van der Waals surface area contributed by atoms with Gasteiger partial charge in [-0.2, -0.15) is 5.10 Å². The molecule has 9 heteroatoms. The van der Waals surface area contributed by atoms with Gasteiger partial charge in [0.15, 0.2) is 11.6 Å². The number of hydrogen-bond donors (Lipinski definition) is 1. The molecule has 1 fully saturated rings. The number of methoxy groups -OCH3 is 1. The number of amides is 2. The number of rotatable bonds is 7. The highest BCUT2D eigenvalue weighted by Crippen LogP contribution is 2.31. The van der Waals surface area contributed by atoms with Crippen molar-refractivity contribution < 1.29 is 9.53 Å². The van der Waals surface area contributed by atoms with Crippen LogP contribution in [0.4, 0.5) is 4.79 Å². The number of hydrogen-bond acceptors (Lipinski definition) is 5. The summed E-state index contributed by atoms with van der Waals surface area (Å²) in [5, 5.41) is 8.44. The van der Waals surface area contributed by atoms with E-state index in [1.807, 2.05) is 60.7 Å². The normalized spacial score (nSPS) is 14.2. The predicted octanol–water partition coefficient (Wildman–Crippen LogP) is 5.42. The number of benzene rings is 1. The predicted molar refractivity (Wildman–Crippen MR) is 137 cm³/mol. The van der Waals surface area contributed by atoms with Crippen molar-refractivity contribution in [2.75, 3.05) is 13.7 Å². The fraction of sp³-hybridized carbons (Fsp3) is 0.462. The molecule has 2 heterocycles. The Morgan fingerprint density at radius 3 is 2.51 bits per heavy atom. The molecule has 1 aliphatic rings.